The molecule has 1 aliphatic heterocycles. The van der Waals surface area contributed by atoms with Crippen molar-refractivity contribution in [1.29, 1.82) is 0 Å². The summed E-state index contributed by atoms with van der Waals surface area (Å²) in [4.78, 5) is 19.4. The molecule has 0 aliphatic carbocycles. The van der Waals surface area contributed by atoms with Gasteiger partial charge in [0.25, 0.3) is 0 Å². The Labute approximate surface area is 150 Å². The lowest BCUT2D eigenvalue weighted by molar-refractivity contribution is -0.132. The smallest absolute Gasteiger partial charge is 0.223 e. The molecule has 1 unspecified atom stereocenters. The molecule has 0 saturated carbocycles. The lowest BCUT2D eigenvalue weighted by Crippen LogP contribution is -2.39. The van der Waals surface area contributed by atoms with Crippen LogP contribution in [0.15, 0.2) is 30.6 Å². The number of aryl methyl sites for hydroxylation is 2. The van der Waals surface area contributed by atoms with Gasteiger partial charge in [-0.2, -0.15) is 0 Å². The number of amides is 1. The van der Waals surface area contributed by atoms with Crippen LogP contribution < -0.4 is 0 Å². The lowest BCUT2D eigenvalue weighted by Gasteiger charge is -2.32. The summed E-state index contributed by atoms with van der Waals surface area (Å²) in [5, 5.41) is 9.08. The van der Waals surface area contributed by atoms with Crippen LogP contribution in [0.2, 0.25) is 0 Å². The van der Waals surface area contributed by atoms with Crippen LogP contribution in [-0.4, -0.2) is 43.6 Å². The summed E-state index contributed by atoms with van der Waals surface area (Å²) in [6.07, 6.45) is 4.93. The standard InChI is InChI=1S/C18H21N5OS/c1-22-12-19-21-16(22)8-9-17(24)23-10-4-5-13(11-23)18-20-14-6-2-3-7-15(14)25-18/h2-3,6-7,12-13H,4-5,8-11H2,1H3. The number of benzene rings is 1. The van der Waals surface area contributed by atoms with Crippen molar-refractivity contribution in [3.05, 3.63) is 41.4 Å². The van der Waals surface area contributed by atoms with Crippen molar-refractivity contribution in [2.45, 2.75) is 31.6 Å². The summed E-state index contributed by atoms with van der Waals surface area (Å²) in [7, 11) is 1.91. The number of carbonyl (C=O) groups is 1. The molecule has 3 heterocycles. The average Bonchev–Trinajstić information content (AvgIpc) is 3.25. The minimum Gasteiger partial charge on any atom is -0.342 e. The Balaban J connectivity index is 1.41. The second-order valence-electron chi connectivity index (χ2n) is 6.56. The molecule has 1 fully saturated rings. The quantitative estimate of drug-likeness (QED) is 0.722. The van der Waals surface area contributed by atoms with Gasteiger partial charge >= 0.3 is 0 Å². The van der Waals surface area contributed by atoms with Crippen molar-refractivity contribution in [2.24, 2.45) is 7.05 Å². The Kier molecular flexibility index (Phi) is 4.48. The van der Waals surface area contributed by atoms with E-state index in [0.717, 1.165) is 42.3 Å². The van der Waals surface area contributed by atoms with E-state index in [1.165, 1.54) is 4.70 Å². The normalized spacial score (nSPS) is 18.0. The number of carbonyl (C=O) groups excluding carboxylic acids is 1. The van der Waals surface area contributed by atoms with E-state index in [2.05, 4.69) is 22.3 Å². The third kappa shape index (κ3) is 3.42. The number of hydrogen-bond donors (Lipinski definition) is 0. The summed E-state index contributed by atoms with van der Waals surface area (Å²) >= 11 is 1.76. The van der Waals surface area contributed by atoms with E-state index in [0.29, 0.717) is 18.8 Å². The molecule has 25 heavy (non-hydrogen) atoms. The Morgan fingerprint density at radius 1 is 1.36 bits per heavy atom. The van der Waals surface area contributed by atoms with Crippen LogP contribution in [-0.2, 0) is 18.3 Å². The van der Waals surface area contributed by atoms with Crippen LogP contribution in [0.25, 0.3) is 10.2 Å². The Hall–Kier alpha value is -2.28. The molecule has 6 nitrogen and oxygen atoms in total. The molecule has 1 aromatic carbocycles. The summed E-state index contributed by atoms with van der Waals surface area (Å²) in [6, 6.07) is 8.24. The van der Waals surface area contributed by atoms with Crippen LogP contribution in [0.5, 0.6) is 0 Å². The van der Waals surface area contributed by atoms with Gasteiger partial charge in [0, 0.05) is 38.9 Å². The van der Waals surface area contributed by atoms with Crippen LogP contribution in [0.1, 0.15) is 36.0 Å². The largest absolute Gasteiger partial charge is 0.342 e. The lowest BCUT2D eigenvalue weighted by atomic mass is 9.98. The molecule has 1 amide bonds. The Morgan fingerprint density at radius 3 is 3.04 bits per heavy atom. The highest BCUT2D eigenvalue weighted by Crippen LogP contribution is 2.33. The van der Waals surface area contributed by atoms with E-state index in [9.17, 15) is 4.79 Å². The first-order valence-electron chi connectivity index (χ1n) is 8.67. The van der Waals surface area contributed by atoms with Crippen molar-refractivity contribution in [3.8, 4) is 0 Å². The zero-order valence-corrected chi connectivity index (χ0v) is 15.1. The van der Waals surface area contributed by atoms with Crippen LogP contribution in [0.3, 0.4) is 0 Å². The summed E-state index contributed by atoms with van der Waals surface area (Å²) < 4.78 is 3.09. The molecule has 1 saturated heterocycles. The van der Waals surface area contributed by atoms with Crippen LogP contribution in [0, 0.1) is 0 Å². The maximum Gasteiger partial charge on any atom is 0.223 e. The molecule has 3 aromatic rings. The van der Waals surface area contributed by atoms with E-state index in [1.54, 1.807) is 17.7 Å². The van der Waals surface area contributed by atoms with Crippen molar-refractivity contribution < 1.29 is 4.79 Å². The fourth-order valence-corrected chi connectivity index (χ4v) is 4.47. The summed E-state index contributed by atoms with van der Waals surface area (Å²) in [5.41, 5.74) is 1.06. The van der Waals surface area contributed by atoms with Gasteiger partial charge in [0.1, 0.15) is 12.2 Å². The summed E-state index contributed by atoms with van der Waals surface area (Å²) in [5.74, 6) is 1.41. The highest BCUT2D eigenvalue weighted by Gasteiger charge is 2.26. The van der Waals surface area contributed by atoms with E-state index in [-0.39, 0.29) is 5.91 Å². The van der Waals surface area contributed by atoms with Gasteiger partial charge in [-0.25, -0.2) is 4.98 Å². The zero-order valence-electron chi connectivity index (χ0n) is 14.3. The maximum absolute atomic E-state index is 12.6. The second-order valence-corrected chi connectivity index (χ2v) is 7.62. The van der Waals surface area contributed by atoms with E-state index in [4.69, 9.17) is 4.98 Å². The highest BCUT2D eigenvalue weighted by molar-refractivity contribution is 7.18. The molecule has 0 radical (unpaired) electrons. The predicted octanol–water partition coefficient (Wildman–Crippen LogP) is 2.76. The Morgan fingerprint density at radius 2 is 2.24 bits per heavy atom. The monoisotopic (exact) mass is 355 g/mol. The average molecular weight is 355 g/mol. The van der Waals surface area contributed by atoms with Gasteiger partial charge in [0.2, 0.25) is 5.91 Å². The zero-order chi connectivity index (χ0) is 17.2. The predicted molar refractivity (Wildman–Crippen MR) is 97.5 cm³/mol. The van der Waals surface area contributed by atoms with Gasteiger partial charge in [-0.15, -0.1) is 21.5 Å². The van der Waals surface area contributed by atoms with Crippen molar-refractivity contribution >= 4 is 27.5 Å². The van der Waals surface area contributed by atoms with Gasteiger partial charge in [-0.05, 0) is 25.0 Å². The molecule has 1 atom stereocenters. The first-order valence-corrected chi connectivity index (χ1v) is 9.48. The molecule has 130 valence electrons. The minimum absolute atomic E-state index is 0.203. The molecule has 0 N–H and O–H groups in total. The molecule has 0 spiro atoms. The third-order valence-electron chi connectivity index (χ3n) is 4.80. The van der Waals surface area contributed by atoms with Crippen LogP contribution >= 0.6 is 11.3 Å². The number of likely N-dealkylation sites (tertiary alicyclic amines) is 1. The Bertz CT molecular complexity index is 853. The molecule has 4 rings (SSSR count). The van der Waals surface area contributed by atoms with E-state index < -0.39 is 0 Å². The number of aromatic nitrogens is 4. The molecule has 0 bridgehead atoms. The SMILES string of the molecule is Cn1cnnc1CCC(=O)N1CCCC(c2nc3ccccc3s2)C1. The van der Waals surface area contributed by atoms with Crippen molar-refractivity contribution in [3.63, 3.8) is 0 Å². The van der Waals surface area contributed by atoms with Gasteiger partial charge in [0.15, 0.2) is 0 Å². The third-order valence-corrected chi connectivity index (χ3v) is 6.00. The molecular formula is C18H21N5OS. The number of thiazole rings is 1. The number of piperidine rings is 1. The fourth-order valence-electron chi connectivity index (χ4n) is 3.38. The van der Waals surface area contributed by atoms with Gasteiger partial charge in [0.05, 0.1) is 15.2 Å². The topological polar surface area (TPSA) is 63.9 Å². The van der Waals surface area contributed by atoms with Gasteiger partial charge in [-0.1, -0.05) is 12.1 Å². The molecule has 7 heteroatoms. The number of hydrogen-bond acceptors (Lipinski definition) is 5. The van der Waals surface area contributed by atoms with E-state index in [1.807, 2.05) is 28.6 Å². The second kappa shape index (κ2) is 6.92. The van der Waals surface area contributed by atoms with Gasteiger partial charge in [-0.3, -0.25) is 4.79 Å². The van der Waals surface area contributed by atoms with E-state index >= 15 is 0 Å². The van der Waals surface area contributed by atoms with Crippen LogP contribution in [0.4, 0.5) is 0 Å². The number of fused-ring (bicyclic) bond motifs is 1. The number of nitrogens with zero attached hydrogens (tertiary/aromatic N) is 5. The first-order chi connectivity index (χ1) is 12.2. The van der Waals surface area contributed by atoms with Gasteiger partial charge < -0.3 is 9.47 Å². The van der Waals surface area contributed by atoms with Crippen molar-refractivity contribution in [1.82, 2.24) is 24.6 Å². The minimum atomic E-state index is 0.203. The molecular weight excluding hydrogens is 334 g/mol. The number of para-hydroxylation sites is 1. The van der Waals surface area contributed by atoms with Crippen molar-refractivity contribution in [2.75, 3.05) is 13.1 Å². The maximum atomic E-state index is 12.6. The fraction of sp³-hybridized carbons (Fsp3) is 0.444. The summed E-state index contributed by atoms with van der Waals surface area (Å²) in [6.45, 7) is 1.62. The molecule has 1 aliphatic rings. The highest BCUT2D eigenvalue weighted by atomic mass is 32.1. The number of rotatable bonds is 4. The first kappa shape index (κ1) is 16.2. The molecule has 2 aromatic heterocycles.